The van der Waals surface area contributed by atoms with Crippen LogP contribution < -0.4 is 4.74 Å². The molecule has 4 nitrogen and oxygen atoms in total. The van der Waals surface area contributed by atoms with E-state index in [4.69, 9.17) is 14.6 Å². The number of benzene rings is 2. The van der Waals surface area contributed by atoms with Crippen LogP contribution in [-0.4, -0.2) is 24.3 Å². The fourth-order valence-electron chi connectivity index (χ4n) is 1.67. The zero-order valence-corrected chi connectivity index (χ0v) is 11.0. The molecule has 0 amide bonds. The van der Waals surface area contributed by atoms with Crippen molar-refractivity contribution in [2.24, 2.45) is 0 Å². The van der Waals surface area contributed by atoms with Crippen molar-refractivity contribution in [2.45, 2.75) is 6.61 Å². The van der Waals surface area contributed by atoms with Crippen molar-refractivity contribution >= 4 is 5.97 Å². The first-order chi connectivity index (χ1) is 9.75. The Morgan fingerprint density at radius 1 is 0.950 bits per heavy atom. The van der Waals surface area contributed by atoms with Crippen LogP contribution in [0.5, 0.6) is 5.75 Å². The van der Waals surface area contributed by atoms with E-state index in [1.807, 2.05) is 30.3 Å². The molecular formula is C16H16O4. The van der Waals surface area contributed by atoms with Gasteiger partial charge in [-0.3, -0.25) is 0 Å². The molecule has 20 heavy (non-hydrogen) atoms. The minimum Gasteiger partial charge on any atom is -0.491 e. The number of carboxylic acids is 1. The zero-order valence-electron chi connectivity index (χ0n) is 11.0. The third-order valence-corrected chi connectivity index (χ3v) is 2.71. The van der Waals surface area contributed by atoms with Gasteiger partial charge >= 0.3 is 5.97 Å². The van der Waals surface area contributed by atoms with E-state index in [-0.39, 0.29) is 5.56 Å². The highest BCUT2D eigenvalue weighted by Gasteiger charge is 2.01. The van der Waals surface area contributed by atoms with Crippen LogP contribution >= 0.6 is 0 Å². The van der Waals surface area contributed by atoms with Crippen molar-refractivity contribution in [3.63, 3.8) is 0 Å². The quantitative estimate of drug-likeness (QED) is 0.787. The number of aromatic carboxylic acids is 1. The molecular weight excluding hydrogens is 256 g/mol. The molecule has 0 spiro atoms. The second-order valence-corrected chi connectivity index (χ2v) is 4.22. The number of hydrogen-bond donors (Lipinski definition) is 1. The standard InChI is InChI=1S/C16H16O4/c17-16(18)14-8-6-13(7-9-14)12-19-10-11-20-15-4-2-1-3-5-15/h1-9H,10-12H2,(H,17,18). The third-order valence-electron chi connectivity index (χ3n) is 2.71. The van der Waals surface area contributed by atoms with Crippen LogP contribution in [0, 0.1) is 0 Å². The summed E-state index contributed by atoms with van der Waals surface area (Å²) in [5.74, 6) is -0.101. The summed E-state index contributed by atoms with van der Waals surface area (Å²) >= 11 is 0. The van der Waals surface area contributed by atoms with E-state index in [1.165, 1.54) is 0 Å². The van der Waals surface area contributed by atoms with Gasteiger partial charge < -0.3 is 14.6 Å². The van der Waals surface area contributed by atoms with Gasteiger partial charge in [-0.05, 0) is 29.8 Å². The molecule has 0 aliphatic carbocycles. The third kappa shape index (κ3) is 4.40. The van der Waals surface area contributed by atoms with Crippen molar-refractivity contribution in [1.29, 1.82) is 0 Å². The SMILES string of the molecule is O=C(O)c1ccc(COCCOc2ccccc2)cc1. The molecule has 0 radical (unpaired) electrons. The lowest BCUT2D eigenvalue weighted by Crippen LogP contribution is -2.06. The predicted octanol–water partition coefficient (Wildman–Crippen LogP) is 2.98. The Morgan fingerprint density at radius 2 is 1.65 bits per heavy atom. The highest BCUT2D eigenvalue weighted by Crippen LogP contribution is 2.08. The summed E-state index contributed by atoms with van der Waals surface area (Å²) in [6, 6.07) is 16.2. The van der Waals surface area contributed by atoms with Crippen LogP contribution in [0.2, 0.25) is 0 Å². The van der Waals surface area contributed by atoms with Gasteiger partial charge in [0.05, 0.1) is 18.8 Å². The van der Waals surface area contributed by atoms with Crippen LogP contribution in [0.25, 0.3) is 0 Å². The van der Waals surface area contributed by atoms with E-state index in [0.29, 0.717) is 19.8 Å². The van der Waals surface area contributed by atoms with Gasteiger partial charge in [-0.25, -0.2) is 4.79 Å². The largest absolute Gasteiger partial charge is 0.491 e. The molecule has 1 N–H and O–H groups in total. The predicted molar refractivity (Wildman–Crippen MR) is 75.0 cm³/mol. The van der Waals surface area contributed by atoms with Crippen molar-refractivity contribution in [1.82, 2.24) is 0 Å². The summed E-state index contributed by atoms with van der Waals surface area (Å²) in [5, 5.41) is 8.78. The lowest BCUT2D eigenvalue weighted by atomic mass is 10.1. The van der Waals surface area contributed by atoms with Gasteiger partial charge in [0.2, 0.25) is 0 Å². The van der Waals surface area contributed by atoms with Gasteiger partial charge in [-0.2, -0.15) is 0 Å². The number of carboxylic acid groups (broad SMARTS) is 1. The first-order valence-electron chi connectivity index (χ1n) is 6.33. The molecule has 0 aliphatic rings. The molecule has 0 atom stereocenters. The van der Waals surface area contributed by atoms with Gasteiger partial charge in [-0.15, -0.1) is 0 Å². The van der Waals surface area contributed by atoms with E-state index >= 15 is 0 Å². The summed E-state index contributed by atoms with van der Waals surface area (Å²) < 4.78 is 11.0. The van der Waals surface area contributed by atoms with E-state index in [1.54, 1.807) is 24.3 Å². The highest BCUT2D eigenvalue weighted by molar-refractivity contribution is 5.87. The maximum absolute atomic E-state index is 10.7. The molecule has 2 rings (SSSR count). The van der Waals surface area contributed by atoms with Crippen molar-refractivity contribution in [2.75, 3.05) is 13.2 Å². The minimum absolute atomic E-state index is 0.279. The molecule has 0 heterocycles. The number of carbonyl (C=O) groups is 1. The molecule has 0 bridgehead atoms. The fourth-order valence-corrected chi connectivity index (χ4v) is 1.67. The molecule has 0 unspecified atom stereocenters. The second-order valence-electron chi connectivity index (χ2n) is 4.22. The maximum atomic E-state index is 10.7. The van der Waals surface area contributed by atoms with Crippen LogP contribution in [0.3, 0.4) is 0 Å². The molecule has 0 saturated carbocycles. The summed E-state index contributed by atoms with van der Waals surface area (Å²) in [6.07, 6.45) is 0. The Morgan fingerprint density at radius 3 is 2.30 bits per heavy atom. The Kier molecular flexibility index (Phi) is 5.15. The normalized spacial score (nSPS) is 10.2. The second kappa shape index (κ2) is 7.31. The first-order valence-corrected chi connectivity index (χ1v) is 6.33. The average molecular weight is 272 g/mol. The van der Waals surface area contributed by atoms with E-state index < -0.39 is 5.97 Å². The van der Waals surface area contributed by atoms with E-state index in [2.05, 4.69) is 0 Å². The van der Waals surface area contributed by atoms with Crippen LogP contribution in [0.4, 0.5) is 0 Å². The highest BCUT2D eigenvalue weighted by atomic mass is 16.5. The molecule has 0 fully saturated rings. The van der Waals surface area contributed by atoms with Gasteiger partial charge in [0.25, 0.3) is 0 Å². The number of ether oxygens (including phenoxy) is 2. The zero-order chi connectivity index (χ0) is 14.2. The molecule has 2 aromatic carbocycles. The maximum Gasteiger partial charge on any atom is 0.335 e. The van der Waals surface area contributed by atoms with Gasteiger partial charge in [0.1, 0.15) is 12.4 Å². The van der Waals surface area contributed by atoms with Crippen LogP contribution in [-0.2, 0) is 11.3 Å². The van der Waals surface area contributed by atoms with Crippen LogP contribution in [0.15, 0.2) is 54.6 Å². The molecule has 0 aliphatic heterocycles. The molecule has 0 aromatic heterocycles. The van der Waals surface area contributed by atoms with E-state index in [0.717, 1.165) is 11.3 Å². The average Bonchev–Trinajstić information content (AvgIpc) is 2.48. The Balaban J connectivity index is 1.67. The smallest absolute Gasteiger partial charge is 0.335 e. The summed E-state index contributed by atoms with van der Waals surface area (Å²) in [7, 11) is 0. The number of para-hydroxylation sites is 1. The topological polar surface area (TPSA) is 55.8 Å². The lowest BCUT2D eigenvalue weighted by molar-refractivity contribution is 0.0696. The number of hydrogen-bond acceptors (Lipinski definition) is 3. The molecule has 4 heteroatoms. The van der Waals surface area contributed by atoms with Gasteiger partial charge in [0.15, 0.2) is 0 Å². The van der Waals surface area contributed by atoms with Crippen molar-refractivity contribution in [3.05, 3.63) is 65.7 Å². The van der Waals surface area contributed by atoms with E-state index in [9.17, 15) is 4.79 Å². The van der Waals surface area contributed by atoms with Gasteiger partial charge in [-0.1, -0.05) is 30.3 Å². The fraction of sp³-hybridized carbons (Fsp3) is 0.188. The first kappa shape index (κ1) is 14.1. The summed E-state index contributed by atoms with van der Waals surface area (Å²) in [5.41, 5.74) is 1.22. The minimum atomic E-state index is -0.922. The molecule has 104 valence electrons. The Bertz CT molecular complexity index is 534. The summed E-state index contributed by atoms with van der Waals surface area (Å²) in [6.45, 7) is 1.41. The Labute approximate surface area is 117 Å². The van der Waals surface area contributed by atoms with Crippen molar-refractivity contribution in [3.8, 4) is 5.75 Å². The summed E-state index contributed by atoms with van der Waals surface area (Å²) in [4.78, 5) is 10.7. The van der Waals surface area contributed by atoms with Crippen LogP contribution in [0.1, 0.15) is 15.9 Å². The Hall–Kier alpha value is -2.33. The molecule has 2 aromatic rings. The van der Waals surface area contributed by atoms with Gasteiger partial charge in [0, 0.05) is 0 Å². The lowest BCUT2D eigenvalue weighted by Gasteiger charge is -2.07. The van der Waals surface area contributed by atoms with Crippen molar-refractivity contribution < 1.29 is 19.4 Å². The number of rotatable bonds is 7. The molecule has 0 saturated heterocycles. The monoisotopic (exact) mass is 272 g/mol.